The quantitative estimate of drug-likeness (QED) is 0.684. The second-order valence-corrected chi connectivity index (χ2v) is 8.61. The molecule has 2 aliphatic rings. The number of fused-ring (bicyclic) bond motifs is 3. The molecule has 6 heteroatoms. The van der Waals surface area contributed by atoms with E-state index in [1.54, 1.807) is 12.1 Å². The Kier molecular flexibility index (Phi) is 5.32. The van der Waals surface area contributed by atoms with Crippen LogP contribution in [0.5, 0.6) is 0 Å². The predicted molar refractivity (Wildman–Crippen MR) is 116 cm³/mol. The second kappa shape index (κ2) is 8.27. The summed E-state index contributed by atoms with van der Waals surface area (Å²) in [6.07, 6.45) is 5.83. The number of imidazole rings is 1. The molecule has 2 unspecified atom stereocenters. The van der Waals surface area contributed by atoms with Crippen LogP contribution >= 0.6 is 0 Å². The summed E-state index contributed by atoms with van der Waals surface area (Å²) in [6.45, 7) is 1.30. The molecule has 0 bridgehead atoms. The molecular formula is C25H26FN3O2. The molecule has 3 aromatic rings. The van der Waals surface area contributed by atoms with Crippen LogP contribution in [-0.4, -0.2) is 44.7 Å². The Morgan fingerprint density at radius 3 is 2.65 bits per heavy atom. The van der Waals surface area contributed by atoms with Gasteiger partial charge in [-0.2, -0.15) is 0 Å². The minimum absolute atomic E-state index is 0.0623. The highest BCUT2D eigenvalue weighted by Crippen LogP contribution is 2.42. The SMILES string of the molecule is O=C(Cc1ccc(F)cc1)N1CCC(C(O)CC2c3ccccc3-c3cncn32)CC1. The molecule has 2 aromatic carbocycles. The van der Waals surface area contributed by atoms with E-state index in [4.69, 9.17) is 0 Å². The van der Waals surface area contributed by atoms with Gasteiger partial charge in [-0.05, 0) is 48.4 Å². The highest BCUT2D eigenvalue weighted by molar-refractivity contribution is 5.78. The Hall–Kier alpha value is -2.99. The number of amides is 1. The van der Waals surface area contributed by atoms with Crippen molar-refractivity contribution in [3.05, 3.63) is 78.0 Å². The predicted octanol–water partition coefficient (Wildman–Crippen LogP) is 3.82. The maximum atomic E-state index is 13.1. The molecule has 2 aliphatic heterocycles. The number of carbonyl (C=O) groups is 1. The lowest BCUT2D eigenvalue weighted by atomic mass is 9.86. The summed E-state index contributed by atoms with van der Waals surface area (Å²) in [5.74, 6) is -0.0550. The fourth-order valence-electron chi connectivity index (χ4n) is 5.02. The third-order valence-electron chi connectivity index (χ3n) is 6.77. The zero-order valence-corrected chi connectivity index (χ0v) is 17.3. The Morgan fingerprint density at radius 1 is 1.13 bits per heavy atom. The number of aromatic nitrogens is 2. The van der Waals surface area contributed by atoms with Crippen LogP contribution < -0.4 is 0 Å². The largest absolute Gasteiger partial charge is 0.393 e. The molecule has 0 spiro atoms. The van der Waals surface area contributed by atoms with Gasteiger partial charge in [-0.3, -0.25) is 4.79 Å². The number of aliphatic hydroxyl groups excluding tert-OH is 1. The van der Waals surface area contributed by atoms with E-state index in [-0.39, 0.29) is 30.1 Å². The second-order valence-electron chi connectivity index (χ2n) is 8.61. The van der Waals surface area contributed by atoms with E-state index in [2.05, 4.69) is 21.7 Å². The van der Waals surface area contributed by atoms with Crippen LogP contribution in [0.25, 0.3) is 11.3 Å². The van der Waals surface area contributed by atoms with Crippen LogP contribution in [0, 0.1) is 11.7 Å². The first-order chi connectivity index (χ1) is 15.1. The van der Waals surface area contributed by atoms with Crippen molar-refractivity contribution in [2.75, 3.05) is 13.1 Å². The van der Waals surface area contributed by atoms with E-state index in [1.807, 2.05) is 29.6 Å². The van der Waals surface area contributed by atoms with Gasteiger partial charge in [0.05, 0.1) is 36.8 Å². The molecule has 1 fully saturated rings. The summed E-state index contributed by atoms with van der Waals surface area (Å²) in [5, 5.41) is 11.0. The average molecular weight is 420 g/mol. The molecular weight excluding hydrogens is 393 g/mol. The molecule has 0 radical (unpaired) electrons. The maximum absolute atomic E-state index is 13.1. The monoisotopic (exact) mass is 419 g/mol. The minimum Gasteiger partial charge on any atom is -0.393 e. The Balaban J connectivity index is 1.19. The van der Waals surface area contributed by atoms with Crippen molar-refractivity contribution in [2.24, 2.45) is 5.92 Å². The van der Waals surface area contributed by atoms with Crippen molar-refractivity contribution in [3.63, 3.8) is 0 Å². The number of carbonyl (C=O) groups excluding carboxylic acids is 1. The first-order valence-corrected chi connectivity index (χ1v) is 10.9. The van der Waals surface area contributed by atoms with Crippen molar-refractivity contribution in [3.8, 4) is 11.3 Å². The van der Waals surface area contributed by atoms with Crippen LogP contribution in [0.3, 0.4) is 0 Å². The fourth-order valence-corrected chi connectivity index (χ4v) is 5.02. The molecule has 1 amide bonds. The highest BCUT2D eigenvalue weighted by atomic mass is 19.1. The van der Waals surface area contributed by atoms with E-state index in [1.165, 1.54) is 23.3 Å². The van der Waals surface area contributed by atoms with Gasteiger partial charge in [-0.15, -0.1) is 0 Å². The molecule has 5 nitrogen and oxygen atoms in total. The summed E-state index contributed by atoms with van der Waals surface area (Å²) < 4.78 is 15.2. The number of hydrogen-bond donors (Lipinski definition) is 1. The molecule has 0 saturated carbocycles. The van der Waals surface area contributed by atoms with Crippen LogP contribution in [0.15, 0.2) is 61.1 Å². The molecule has 3 heterocycles. The minimum atomic E-state index is -0.430. The zero-order chi connectivity index (χ0) is 21.4. The van der Waals surface area contributed by atoms with Crippen molar-refractivity contribution in [1.82, 2.24) is 14.5 Å². The van der Waals surface area contributed by atoms with Crippen LogP contribution in [0.2, 0.25) is 0 Å². The molecule has 1 saturated heterocycles. The number of hydrogen-bond acceptors (Lipinski definition) is 3. The van der Waals surface area contributed by atoms with E-state index in [0.29, 0.717) is 19.5 Å². The fraction of sp³-hybridized carbons (Fsp3) is 0.360. The smallest absolute Gasteiger partial charge is 0.226 e. The van der Waals surface area contributed by atoms with Gasteiger partial charge < -0.3 is 14.6 Å². The lowest BCUT2D eigenvalue weighted by Crippen LogP contribution is -2.42. The number of rotatable bonds is 5. The van der Waals surface area contributed by atoms with E-state index >= 15 is 0 Å². The number of likely N-dealkylation sites (tertiary alicyclic amines) is 1. The standard InChI is InChI=1S/C25H26FN3O2/c26-19-7-5-17(6-8-19)13-25(31)28-11-9-18(10-12-28)24(30)14-22-20-3-1-2-4-21(20)23-15-27-16-29(22)23/h1-8,15-16,18,22,24,30H,9-14H2. The topological polar surface area (TPSA) is 58.4 Å². The number of aliphatic hydroxyl groups is 1. The molecule has 31 heavy (non-hydrogen) atoms. The highest BCUT2D eigenvalue weighted by Gasteiger charge is 2.33. The molecule has 160 valence electrons. The summed E-state index contributed by atoms with van der Waals surface area (Å²) in [5.41, 5.74) is 4.36. The molecule has 1 N–H and O–H groups in total. The van der Waals surface area contributed by atoms with E-state index < -0.39 is 6.10 Å². The Bertz CT molecular complexity index is 1070. The molecule has 0 aliphatic carbocycles. The van der Waals surface area contributed by atoms with Crippen LogP contribution in [0.1, 0.15) is 36.4 Å². The third-order valence-corrected chi connectivity index (χ3v) is 6.77. The Labute approximate surface area is 181 Å². The van der Waals surface area contributed by atoms with Crippen LogP contribution in [0.4, 0.5) is 4.39 Å². The van der Waals surface area contributed by atoms with E-state index in [0.717, 1.165) is 24.1 Å². The first-order valence-electron chi connectivity index (χ1n) is 10.9. The Morgan fingerprint density at radius 2 is 1.87 bits per heavy atom. The van der Waals surface area contributed by atoms with Crippen molar-refractivity contribution in [2.45, 2.75) is 37.8 Å². The van der Waals surface area contributed by atoms with Gasteiger partial charge in [-0.25, -0.2) is 9.37 Å². The third kappa shape index (κ3) is 3.88. The molecule has 2 atom stereocenters. The van der Waals surface area contributed by atoms with Gasteiger partial charge >= 0.3 is 0 Å². The van der Waals surface area contributed by atoms with Crippen molar-refractivity contribution < 1.29 is 14.3 Å². The van der Waals surface area contributed by atoms with Gasteiger partial charge in [0.2, 0.25) is 5.91 Å². The average Bonchev–Trinajstić information content (AvgIpc) is 3.38. The zero-order valence-electron chi connectivity index (χ0n) is 17.3. The van der Waals surface area contributed by atoms with E-state index in [9.17, 15) is 14.3 Å². The van der Waals surface area contributed by atoms with Gasteiger partial charge in [0, 0.05) is 18.7 Å². The van der Waals surface area contributed by atoms with Gasteiger partial charge in [-0.1, -0.05) is 36.4 Å². The maximum Gasteiger partial charge on any atom is 0.226 e. The molecule has 5 rings (SSSR count). The molecule has 1 aromatic heterocycles. The number of halogens is 1. The van der Waals surface area contributed by atoms with Gasteiger partial charge in [0.25, 0.3) is 0 Å². The summed E-state index contributed by atoms with van der Waals surface area (Å²) >= 11 is 0. The number of piperidine rings is 1. The van der Waals surface area contributed by atoms with Crippen LogP contribution in [-0.2, 0) is 11.2 Å². The first kappa shape index (κ1) is 19.9. The summed E-state index contributed by atoms with van der Waals surface area (Å²) in [6, 6.07) is 14.5. The summed E-state index contributed by atoms with van der Waals surface area (Å²) in [4.78, 5) is 18.8. The van der Waals surface area contributed by atoms with Gasteiger partial charge in [0.1, 0.15) is 5.82 Å². The number of nitrogens with zero attached hydrogens (tertiary/aromatic N) is 3. The summed E-state index contributed by atoms with van der Waals surface area (Å²) in [7, 11) is 0. The lowest BCUT2D eigenvalue weighted by molar-refractivity contribution is -0.132. The number of benzene rings is 2. The normalized spacial score (nSPS) is 19.2. The lowest BCUT2D eigenvalue weighted by Gasteiger charge is -2.35. The van der Waals surface area contributed by atoms with Crippen molar-refractivity contribution >= 4 is 5.91 Å². The van der Waals surface area contributed by atoms with Crippen molar-refractivity contribution in [1.29, 1.82) is 0 Å². The van der Waals surface area contributed by atoms with Gasteiger partial charge in [0.15, 0.2) is 0 Å².